The van der Waals surface area contributed by atoms with Crippen LogP contribution in [0.1, 0.15) is 48.5 Å². The van der Waals surface area contributed by atoms with Gasteiger partial charge in [0.1, 0.15) is 0 Å². The molecule has 0 unspecified atom stereocenters. The van der Waals surface area contributed by atoms with Crippen molar-refractivity contribution >= 4 is 5.91 Å². The predicted molar refractivity (Wildman–Crippen MR) is 71.8 cm³/mol. The van der Waals surface area contributed by atoms with E-state index in [1.54, 1.807) is 0 Å². The highest BCUT2D eigenvalue weighted by Gasteiger charge is 2.16. The van der Waals surface area contributed by atoms with Crippen LogP contribution in [0.5, 0.6) is 0 Å². The minimum Gasteiger partial charge on any atom is -0.381 e. The van der Waals surface area contributed by atoms with Gasteiger partial charge in [-0.1, -0.05) is 26.0 Å². The average Bonchev–Trinajstić information content (AvgIpc) is 2.40. The molecule has 0 aliphatic carbocycles. The van der Waals surface area contributed by atoms with Gasteiger partial charge in [0.25, 0.3) is 5.91 Å². The van der Waals surface area contributed by atoms with Gasteiger partial charge in [-0.25, -0.2) is 0 Å². The number of amides is 1. The minimum absolute atomic E-state index is 0.0252. The molecule has 0 spiro atoms. The second kappa shape index (κ2) is 6.01. The molecule has 2 rings (SSSR count). The van der Waals surface area contributed by atoms with Crippen LogP contribution in [0.25, 0.3) is 0 Å². The Balaban J connectivity index is 1.95. The highest BCUT2D eigenvalue weighted by atomic mass is 16.5. The number of carbonyl (C=O) groups is 1. The third-order valence-corrected chi connectivity index (χ3v) is 3.40. The lowest BCUT2D eigenvalue weighted by atomic mass is 10.0. The quantitative estimate of drug-likeness (QED) is 0.892. The molecule has 1 saturated heterocycles. The van der Waals surface area contributed by atoms with Crippen molar-refractivity contribution in [3.63, 3.8) is 0 Å². The zero-order valence-electron chi connectivity index (χ0n) is 11.1. The Labute approximate surface area is 109 Å². The first-order chi connectivity index (χ1) is 8.66. The molecule has 0 aromatic heterocycles. The lowest BCUT2D eigenvalue weighted by molar-refractivity contribution is 0.0696. The summed E-state index contributed by atoms with van der Waals surface area (Å²) in [7, 11) is 0. The van der Waals surface area contributed by atoms with Gasteiger partial charge in [-0.2, -0.15) is 0 Å². The van der Waals surface area contributed by atoms with E-state index >= 15 is 0 Å². The number of benzene rings is 1. The zero-order valence-corrected chi connectivity index (χ0v) is 11.1. The lowest BCUT2D eigenvalue weighted by Crippen LogP contribution is -2.38. The Hall–Kier alpha value is -1.35. The number of rotatable bonds is 3. The first kappa shape index (κ1) is 13.1. The van der Waals surface area contributed by atoms with Crippen LogP contribution in [-0.2, 0) is 4.74 Å². The van der Waals surface area contributed by atoms with Crippen molar-refractivity contribution in [3.8, 4) is 0 Å². The molecule has 0 radical (unpaired) electrons. The molecule has 3 nitrogen and oxygen atoms in total. The van der Waals surface area contributed by atoms with Gasteiger partial charge in [-0.05, 0) is 36.5 Å². The Kier molecular flexibility index (Phi) is 4.37. The van der Waals surface area contributed by atoms with E-state index in [9.17, 15) is 4.79 Å². The summed E-state index contributed by atoms with van der Waals surface area (Å²) in [6.45, 7) is 5.79. The van der Waals surface area contributed by atoms with Crippen molar-refractivity contribution in [2.45, 2.75) is 38.6 Å². The Morgan fingerprint density at radius 1 is 1.22 bits per heavy atom. The third-order valence-electron chi connectivity index (χ3n) is 3.40. The van der Waals surface area contributed by atoms with Gasteiger partial charge in [-0.3, -0.25) is 4.79 Å². The van der Waals surface area contributed by atoms with Crippen LogP contribution in [0.3, 0.4) is 0 Å². The van der Waals surface area contributed by atoms with Crippen LogP contribution in [0.4, 0.5) is 0 Å². The molecule has 1 aliphatic rings. The molecule has 18 heavy (non-hydrogen) atoms. The fourth-order valence-electron chi connectivity index (χ4n) is 2.13. The van der Waals surface area contributed by atoms with Gasteiger partial charge < -0.3 is 10.1 Å². The van der Waals surface area contributed by atoms with Crippen LogP contribution in [0, 0.1) is 0 Å². The highest BCUT2D eigenvalue weighted by Crippen LogP contribution is 2.15. The maximum Gasteiger partial charge on any atom is 0.251 e. The lowest BCUT2D eigenvalue weighted by Gasteiger charge is -2.23. The van der Waals surface area contributed by atoms with Crippen molar-refractivity contribution in [3.05, 3.63) is 35.4 Å². The predicted octanol–water partition coefficient (Wildman–Crippen LogP) is 2.72. The molecule has 1 aliphatic heterocycles. The first-order valence-electron chi connectivity index (χ1n) is 6.65. The van der Waals surface area contributed by atoms with Crippen molar-refractivity contribution in [2.24, 2.45) is 0 Å². The highest BCUT2D eigenvalue weighted by molar-refractivity contribution is 5.94. The molecule has 0 saturated carbocycles. The summed E-state index contributed by atoms with van der Waals surface area (Å²) in [5.74, 6) is 0.523. The van der Waals surface area contributed by atoms with Crippen molar-refractivity contribution < 1.29 is 9.53 Å². The van der Waals surface area contributed by atoms with E-state index in [1.807, 2.05) is 24.3 Å². The number of ether oxygens (including phenoxy) is 1. The summed E-state index contributed by atoms with van der Waals surface area (Å²) in [4.78, 5) is 12.0. The topological polar surface area (TPSA) is 38.3 Å². The molecule has 1 aromatic rings. The SMILES string of the molecule is CC(C)c1ccc(C(=O)NC2CCOCC2)cc1. The Morgan fingerprint density at radius 2 is 1.83 bits per heavy atom. The van der Waals surface area contributed by atoms with E-state index in [2.05, 4.69) is 19.2 Å². The van der Waals surface area contributed by atoms with Gasteiger partial charge in [-0.15, -0.1) is 0 Å². The van der Waals surface area contributed by atoms with E-state index in [0.717, 1.165) is 31.6 Å². The van der Waals surface area contributed by atoms with E-state index in [-0.39, 0.29) is 11.9 Å². The van der Waals surface area contributed by atoms with Gasteiger partial charge >= 0.3 is 0 Å². The monoisotopic (exact) mass is 247 g/mol. The zero-order chi connectivity index (χ0) is 13.0. The minimum atomic E-state index is 0.0252. The van der Waals surface area contributed by atoms with Crippen LogP contribution in [0.2, 0.25) is 0 Å². The fraction of sp³-hybridized carbons (Fsp3) is 0.533. The Bertz CT molecular complexity index is 391. The molecule has 98 valence electrons. The maximum absolute atomic E-state index is 12.0. The standard InChI is InChI=1S/C15H21NO2/c1-11(2)12-3-5-13(6-4-12)15(17)16-14-7-9-18-10-8-14/h3-6,11,14H,7-10H2,1-2H3,(H,16,17). The summed E-state index contributed by atoms with van der Waals surface area (Å²) in [5, 5.41) is 3.06. The van der Waals surface area contributed by atoms with Gasteiger partial charge in [0.15, 0.2) is 0 Å². The molecule has 1 N–H and O–H groups in total. The summed E-state index contributed by atoms with van der Waals surface area (Å²) in [6.07, 6.45) is 1.83. The van der Waals surface area contributed by atoms with E-state index < -0.39 is 0 Å². The van der Waals surface area contributed by atoms with Gasteiger partial charge in [0, 0.05) is 24.8 Å². The number of nitrogens with one attached hydrogen (secondary N) is 1. The van der Waals surface area contributed by atoms with Crippen LogP contribution < -0.4 is 5.32 Å². The average molecular weight is 247 g/mol. The third kappa shape index (κ3) is 3.33. The van der Waals surface area contributed by atoms with Crippen LogP contribution >= 0.6 is 0 Å². The summed E-state index contributed by atoms with van der Waals surface area (Å²) < 4.78 is 5.28. The molecule has 0 bridgehead atoms. The summed E-state index contributed by atoms with van der Waals surface area (Å²) >= 11 is 0. The molecule has 0 atom stereocenters. The molecular formula is C15H21NO2. The van der Waals surface area contributed by atoms with Gasteiger partial charge in [0.2, 0.25) is 0 Å². The largest absolute Gasteiger partial charge is 0.381 e. The van der Waals surface area contributed by atoms with Crippen molar-refractivity contribution in [2.75, 3.05) is 13.2 Å². The first-order valence-corrected chi connectivity index (χ1v) is 6.65. The molecule has 1 aromatic carbocycles. The van der Waals surface area contributed by atoms with Crippen molar-refractivity contribution in [1.29, 1.82) is 0 Å². The Morgan fingerprint density at radius 3 is 2.39 bits per heavy atom. The van der Waals surface area contributed by atoms with E-state index in [4.69, 9.17) is 4.74 Å². The maximum atomic E-state index is 12.0. The molecule has 1 fully saturated rings. The molecule has 1 amide bonds. The number of hydrogen-bond donors (Lipinski definition) is 1. The number of carbonyl (C=O) groups excluding carboxylic acids is 1. The van der Waals surface area contributed by atoms with Gasteiger partial charge in [0.05, 0.1) is 0 Å². The normalized spacial score (nSPS) is 16.8. The molecule has 1 heterocycles. The second-order valence-electron chi connectivity index (χ2n) is 5.14. The second-order valence-corrected chi connectivity index (χ2v) is 5.14. The van der Waals surface area contributed by atoms with Crippen LogP contribution in [0.15, 0.2) is 24.3 Å². The summed E-state index contributed by atoms with van der Waals surface area (Å²) in [5.41, 5.74) is 2.00. The fourth-order valence-corrected chi connectivity index (χ4v) is 2.13. The van der Waals surface area contributed by atoms with E-state index in [1.165, 1.54) is 5.56 Å². The molecule has 3 heteroatoms. The molecular weight excluding hydrogens is 226 g/mol. The van der Waals surface area contributed by atoms with E-state index in [0.29, 0.717) is 5.92 Å². The van der Waals surface area contributed by atoms with Crippen LogP contribution in [-0.4, -0.2) is 25.2 Å². The number of hydrogen-bond acceptors (Lipinski definition) is 2. The summed E-state index contributed by atoms with van der Waals surface area (Å²) in [6, 6.07) is 8.14. The smallest absolute Gasteiger partial charge is 0.251 e. The van der Waals surface area contributed by atoms with Crippen molar-refractivity contribution in [1.82, 2.24) is 5.32 Å².